The summed E-state index contributed by atoms with van der Waals surface area (Å²) < 4.78 is 35.5. The van der Waals surface area contributed by atoms with Crippen molar-refractivity contribution in [3.8, 4) is 11.5 Å². The highest BCUT2D eigenvalue weighted by Crippen LogP contribution is 2.29. The number of sulfonamides is 1. The summed E-state index contributed by atoms with van der Waals surface area (Å²) in [7, 11) is -1.90. The third kappa shape index (κ3) is 7.16. The number of methoxy groups -OCH3 is 1. The molecule has 1 aromatic heterocycles. The van der Waals surface area contributed by atoms with Gasteiger partial charge in [0.25, 0.3) is 0 Å². The topological polar surface area (TPSA) is 120 Å². The number of aromatic nitrogens is 2. The molecule has 11 heteroatoms. The molecule has 1 aromatic carbocycles. The maximum absolute atomic E-state index is 12.0. The van der Waals surface area contributed by atoms with Gasteiger partial charge in [0.1, 0.15) is 0 Å². The third-order valence-corrected chi connectivity index (χ3v) is 4.56. The zero-order chi connectivity index (χ0) is 20.7. The molecular formula is C17H22N4O5S2. The van der Waals surface area contributed by atoms with E-state index in [1.165, 1.54) is 6.08 Å². The van der Waals surface area contributed by atoms with Crippen molar-refractivity contribution in [2.24, 2.45) is 5.92 Å². The number of carbonyl (C=O) groups excluding carboxylic acids is 1. The van der Waals surface area contributed by atoms with Gasteiger partial charge in [-0.25, -0.2) is 8.42 Å². The van der Waals surface area contributed by atoms with Crippen molar-refractivity contribution in [2.45, 2.75) is 13.8 Å². The van der Waals surface area contributed by atoms with E-state index in [0.29, 0.717) is 24.0 Å². The van der Waals surface area contributed by atoms with Gasteiger partial charge in [0.2, 0.25) is 26.2 Å². The fraction of sp³-hybridized carbons (Fsp3) is 0.353. The Morgan fingerprint density at radius 3 is 2.61 bits per heavy atom. The Morgan fingerprint density at radius 1 is 1.25 bits per heavy atom. The number of nitrogens with one attached hydrogen (secondary N) is 2. The second-order valence-electron chi connectivity index (χ2n) is 6.22. The summed E-state index contributed by atoms with van der Waals surface area (Å²) in [5.74, 6) is 1.17. The average Bonchev–Trinajstić information content (AvgIpc) is 3.03. The molecule has 0 spiro atoms. The van der Waals surface area contributed by atoms with Gasteiger partial charge in [-0.1, -0.05) is 31.3 Å². The highest BCUT2D eigenvalue weighted by Gasteiger charge is 2.10. The molecule has 0 bridgehead atoms. The van der Waals surface area contributed by atoms with Gasteiger partial charge in [-0.2, -0.15) is 0 Å². The van der Waals surface area contributed by atoms with Crippen LogP contribution in [0.5, 0.6) is 11.5 Å². The second-order valence-corrected chi connectivity index (χ2v) is 8.95. The highest BCUT2D eigenvalue weighted by atomic mass is 32.2. The molecule has 2 rings (SSSR count). The Balaban J connectivity index is 2.00. The number of ether oxygens (including phenoxy) is 2. The number of hydrogen-bond donors (Lipinski definition) is 2. The van der Waals surface area contributed by atoms with Gasteiger partial charge >= 0.3 is 0 Å². The summed E-state index contributed by atoms with van der Waals surface area (Å²) in [4.78, 5) is 12.0. The van der Waals surface area contributed by atoms with Crippen LogP contribution in [0.2, 0.25) is 0 Å². The molecule has 0 saturated carbocycles. The fourth-order valence-corrected chi connectivity index (χ4v) is 3.43. The smallest absolute Gasteiger partial charge is 0.250 e. The number of benzene rings is 1. The number of rotatable bonds is 9. The van der Waals surface area contributed by atoms with Gasteiger partial charge in [-0.3, -0.25) is 14.8 Å². The molecule has 2 aromatic rings. The molecule has 0 fully saturated rings. The lowest BCUT2D eigenvalue weighted by molar-refractivity contribution is -0.111. The molecule has 1 heterocycles. The quantitative estimate of drug-likeness (QED) is 0.591. The lowest BCUT2D eigenvalue weighted by Crippen LogP contribution is -2.09. The van der Waals surface area contributed by atoms with Crippen molar-refractivity contribution in [2.75, 3.05) is 30.0 Å². The normalized spacial score (nSPS) is 11.6. The van der Waals surface area contributed by atoms with E-state index in [2.05, 4.69) is 34.1 Å². The van der Waals surface area contributed by atoms with Crippen molar-refractivity contribution in [1.29, 1.82) is 0 Å². The number of nitrogens with zero attached hydrogens (tertiary/aromatic N) is 2. The van der Waals surface area contributed by atoms with Gasteiger partial charge < -0.3 is 9.47 Å². The summed E-state index contributed by atoms with van der Waals surface area (Å²) in [6.07, 6.45) is 3.94. The standard InChI is InChI=1S/C17H22N4O5S2/c1-11(2)10-26-13-7-5-12(9-14(13)25-3)6-8-15(22)18-16-19-20-17(27-16)21-28(4,23)24/h5-9,11H,10H2,1-4H3,(H,20,21)(H,18,19,22). The Hall–Kier alpha value is -2.66. The zero-order valence-electron chi connectivity index (χ0n) is 15.9. The minimum atomic E-state index is -3.45. The third-order valence-electron chi connectivity index (χ3n) is 3.11. The molecule has 0 saturated heterocycles. The molecule has 0 aliphatic heterocycles. The van der Waals surface area contributed by atoms with E-state index in [1.807, 2.05) is 0 Å². The van der Waals surface area contributed by atoms with Crippen LogP contribution in [0, 0.1) is 5.92 Å². The van der Waals surface area contributed by atoms with E-state index >= 15 is 0 Å². The van der Waals surface area contributed by atoms with Gasteiger partial charge in [-0.05, 0) is 29.7 Å². The summed E-state index contributed by atoms with van der Waals surface area (Å²) in [5.41, 5.74) is 0.751. The maximum atomic E-state index is 12.0. The fourth-order valence-electron chi connectivity index (χ4n) is 1.96. The Kier molecular flexibility index (Phi) is 7.35. The minimum absolute atomic E-state index is 0.0727. The van der Waals surface area contributed by atoms with Crippen LogP contribution >= 0.6 is 11.3 Å². The van der Waals surface area contributed by atoms with Crippen molar-refractivity contribution in [3.05, 3.63) is 29.8 Å². The molecule has 0 radical (unpaired) electrons. The Morgan fingerprint density at radius 2 is 1.96 bits per heavy atom. The van der Waals surface area contributed by atoms with Gasteiger partial charge in [0.05, 0.1) is 20.0 Å². The Labute approximate surface area is 167 Å². The summed E-state index contributed by atoms with van der Waals surface area (Å²) in [6.45, 7) is 4.69. The lowest BCUT2D eigenvalue weighted by Gasteiger charge is -2.12. The zero-order valence-corrected chi connectivity index (χ0v) is 17.6. The first kappa shape index (κ1) is 21.6. The average molecular weight is 427 g/mol. The van der Waals surface area contributed by atoms with Crippen LogP contribution in [0.3, 0.4) is 0 Å². The SMILES string of the molecule is COc1cc(C=CC(=O)Nc2nnc(NS(C)(=O)=O)s2)ccc1OCC(C)C. The summed E-state index contributed by atoms with van der Waals surface area (Å²) >= 11 is 0.911. The second kappa shape index (κ2) is 9.51. The van der Waals surface area contributed by atoms with E-state index in [-0.39, 0.29) is 10.3 Å². The van der Waals surface area contributed by atoms with Crippen LogP contribution < -0.4 is 19.5 Å². The van der Waals surface area contributed by atoms with E-state index in [9.17, 15) is 13.2 Å². The van der Waals surface area contributed by atoms with Crippen molar-refractivity contribution in [1.82, 2.24) is 10.2 Å². The largest absolute Gasteiger partial charge is 0.493 e. The molecule has 152 valence electrons. The molecule has 0 atom stereocenters. The highest BCUT2D eigenvalue weighted by molar-refractivity contribution is 7.92. The summed E-state index contributed by atoms with van der Waals surface area (Å²) in [5, 5.41) is 10.1. The number of carbonyl (C=O) groups is 1. The molecule has 2 N–H and O–H groups in total. The van der Waals surface area contributed by atoms with Crippen LogP contribution in [-0.4, -0.2) is 44.5 Å². The molecule has 0 aliphatic carbocycles. The first-order valence-corrected chi connectivity index (χ1v) is 11.0. The molecule has 0 unspecified atom stereocenters. The van der Waals surface area contributed by atoms with Crippen LogP contribution in [0.15, 0.2) is 24.3 Å². The predicted molar refractivity (Wildman–Crippen MR) is 109 cm³/mol. The molecule has 28 heavy (non-hydrogen) atoms. The molecule has 9 nitrogen and oxygen atoms in total. The lowest BCUT2D eigenvalue weighted by atomic mass is 10.2. The number of amides is 1. The van der Waals surface area contributed by atoms with Crippen LogP contribution in [0.25, 0.3) is 6.08 Å². The predicted octanol–water partition coefficient (Wildman–Crippen LogP) is 2.60. The monoisotopic (exact) mass is 426 g/mol. The minimum Gasteiger partial charge on any atom is -0.493 e. The van der Waals surface area contributed by atoms with Crippen molar-refractivity contribution >= 4 is 43.6 Å². The Bertz CT molecular complexity index is 954. The first-order chi connectivity index (χ1) is 13.2. The van der Waals surface area contributed by atoms with Gasteiger partial charge in [-0.15, -0.1) is 10.2 Å². The van der Waals surface area contributed by atoms with E-state index in [1.54, 1.807) is 31.4 Å². The van der Waals surface area contributed by atoms with Crippen LogP contribution in [0.1, 0.15) is 19.4 Å². The molecule has 1 amide bonds. The van der Waals surface area contributed by atoms with Gasteiger partial charge in [0.15, 0.2) is 11.5 Å². The van der Waals surface area contributed by atoms with Crippen molar-refractivity contribution in [3.63, 3.8) is 0 Å². The number of hydrogen-bond acceptors (Lipinski definition) is 8. The van der Waals surface area contributed by atoms with Gasteiger partial charge in [0, 0.05) is 6.08 Å². The van der Waals surface area contributed by atoms with Crippen LogP contribution in [0.4, 0.5) is 10.3 Å². The summed E-state index contributed by atoms with van der Waals surface area (Å²) in [6, 6.07) is 5.35. The first-order valence-electron chi connectivity index (χ1n) is 8.27. The molecule has 0 aliphatic rings. The molecular weight excluding hydrogens is 404 g/mol. The maximum Gasteiger partial charge on any atom is 0.250 e. The van der Waals surface area contributed by atoms with E-state index in [4.69, 9.17) is 9.47 Å². The number of anilines is 2. The van der Waals surface area contributed by atoms with Crippen molar-refractivity contribution < 1.29 is 22.7 Å². The van der Waals surface area contributed by atoms with Crippen LogP contribution in [-0.2, 0) is 14.8 Å². The van der Waals surface area contributed by atoms with E-state index < -0.39 is 15.9 Å². The van der Waals surface area contributed by atoms with E-state index in [0.717, 1.165) is 23.2 Å².